The van der Waals surface area contributed by atoms with Crippen LogP contribution >= 0.6 is 0 Å². The van der Waals surface area contributed by atoms with E-state index in [0.717, 1.165) is 12.8 Å². The minimum atomic E-state index is -0.477. The number of benzene rings is 1. The van der Waals surface area contributed by atoms with Crippen LogP contribution in [0, 0.1) is 11.7 Å². The summed E-state index contributed by atoms with van der Waals surface area (Å²) in [6.07, 6.45) is 3.03. The topological polar surface area (TPSA) is 69.2 Å². The average molecular weight is 303 g/mol. The maximum absolute atomic E-state index is 13.0. The van der Waals surface area contributed by atoms with E-state index in [1.807, 2.05) is 0 Å². The highest BCUT2D eigenvalue weighted by molar-refractivity contribution is 5.99. The zero-order valence-corrected chi connectivity index (χ0v) is 12.3. The molecule has 116 valence electrons. The molecule has 0 spiro atoms. The van der Waals surface area contributed by atoms with Gasteiger partial charge in [0.25, 0.3) is 5.91 Å². The number of carbonyl (C=O) groups excluding carboxylic acids is 1. The number of aromatic amines is 1. The molecular weight excluding hydrogens is 285 g/mol. The minimum Gasteiger partial charge on any atom is -0.391 e. The third kappa shape index (κ3) is 3.01. The van der Waals surface area contributed by atoms with Crippen LogP contribution in [0.2, 0.25) is 0 Å². The van der Waals surface area contributed by atoms with E-state index < -0.39 is 6.10 Å². The van der Waals surface area contributed by atoms with Crippen molar-refractivity contribution >= 4 is 5.91 Å². The number of nitrogens with one attached hydrogen (secondary N) is 1. The lowest BCUT2D eigenvalue weighted by atomic mass is 10.1. The number of aromatic nitrogens is 2. The van der Waals surface area contributed by atoms with Gasteiger partial charge in [-0.3, -0.25) is 9.89 Å². The molecule has 1 aliphatic carbocycles. The highest BCUT2D eigenvalue weighted by atomic mass is 19.1. The number of nitrogens with zero attached hydrogens (tertiary/aromatic N) is 2. The first-order chi connectivity index (χ1) is 10.6. The first kappa shape index (κ1) is 14.7. The molecule has 5 nitrogen and oxygen atoms in total. The fraction of sp³-hybridized carbons (Fsp3) is 0.375. The van der Waals surface area contributed by atoms with Crippen LogP contribution < -0.4 is 0 Å². The second-order valence-corrected chi connectivity index (χ2v) is 5.76. The number of hydrogen-bond donors (Lipinski definition) is 2. The van der Waals surface area contributed by atoms with E-state index in [-0.39, 0.29) is 11.7 Å². The van der Waals surface area contributed by atoms with Crippen LogP contribution in [-0.4, -0.2) is 45.8 Å². The molecule has 1 heterocycles. The van der Waals surface area contributed by atoms with Crippen molar-refractivity contribution in [3.8, 4) is 11.3 Å². The van der Waals surface area contributed by atoms with Gasteiger partial charge in [-0.2, -0.15) is 5.10 Å². The van der Waals surface area contributed by atoms with E-state index in [0.29, 0.717) is 29.3 Å². The van der Waals surface area contributed by atoms with Crippen LogP contribution in [0.3, 0.4) is 0 Å². The number of hydrogen-bond acceptors (Lipinski definition) is 3. The Morgan fingerprint density at radius 1 is 1.45 bits per heavy atom. The summed E-state index contributed by atoms with van der Waals surface area (Å²) in [4.78, 5) is 14.0. The lowest BCUT2D eigenvalue weighted by Gasteiger charge is -2.20. The van der Waals surface area contributed by atoms with E-state index in [4.69, 9.17) is 0 Å². The van der Waals surface area contributed by atoms with E-state index in [9.17, 15) is 14.3 Å². The van der Waals surface area contributed by atoms with Gasteiger partial charge in [0.15, 0.2) is 0 Å². The summed E-state index contributed by atoms with van der Waals surface area (Å²) >= 11 is 0. The number of aliphatic hydroxyl groups is 1. The van der Waals surface area contributed by atoms with Gasteiger partial charge in [-0.1, -0.05) is 0 Å². The molecule has 6 heteroatoms. The van der Waals surface area contributed by atoms with Crippen LogP contribution in [0.4, 0.5) is 4.39 Å². The number of aliphatic hydroxyl groups excluding tert-OH is 1. The van der Waals surface area contributed by atoms with E-state index >= 15 is 0 Å². The molecule has 1 aromatic heterocycles. The third-order valence-electron chi connectivity index (χ3n) is 3.98. The normalized spacial score (nSPS) is 15.6. The minimum absolute atomic E-state index is 0.215. The van der Waals surface area contributed by atoms with Crippen molar-refractivity contribution in [2.24, 2.45) is 5.92 Å². The first-order valence-electron chi connectivity index (χ1n) is 7.29. The molecule has 0 saturated heterocycles. The van der Waals surface area contributed by atoms with E-state index in [2.05, 4.69) is 10.2 Å². The van der Waals surface area contributed by atoms with Crippen LogP contribution in [-0.2, 0) is 0 Å². The molecular formula is C16H18FN3O2. The smallest absolute Gasteiger partial charge is 0.257 e. The summed E-state index contributed by atoms with van der Waals surface area (Å²) < 4.78 is 13.0. The van der Waals surface area contributed by atoms with Crippen LogP contribution in [0.5, 0.6) is 0 Å². The average Bonchev–Trinajstić information content (AvgIpc) is 3.25. The largest absolute Gasteiger partial charge is 0.391 e. The van der Waals surface area contributed by atoms with E-state index in [1.165, 1.54) is 23.2 Å². The molecule has 1 aliphatic rings. The Balaban J connectivity index is 1.78. The Hall–Kier alpha value is -2.21. The van der Waals surface area contributed by atoms with Crippen molar-refractivity contribution in [2.75, 3.05) is 13.6 Å². The van der Waals surface area contributed by atoms with Crippen molar-refractivity contribution in [1.29, 1.82) is 0 Å². The van der Waals surface area contributed by atoms with Crippen LogP contribution in [0.15, 0.2) is 30.5 Å². The van der Waals surface area contributed by atoms with Gasteiger partial charge in [-0.15, -0.1) is 0 Å². The summed E-state index contributed by atoms with van der Waals surface area (Å²) in [6.45, 7) is 0.303. The summed E-state index contributed by atoms with van der Waals surface area (Å²) in [5.74, 6) is -0.232. The molecule has 2 N–H and O–H groups in total. The quantitative estimate of drug-likeness (QED) is 0.888. The van der Waals surface area contributed by atoms with Gasteiger partial charge in [-0.25, -0.2) is 4.39 Å². The zero-order valence-electron chi connectivity index (χ0n) is 12.3. The van der Waals surface area contributed by atoms with Crippen LogP contribution in [0.1, 0.15) is 23.2 Å². The van der Waals surface area contributed by atoms with E-state index in [1.54, 1.807) is 19.2 Å². The lowest BCUT2D eigenvalue weighted by molar-refractivity contribution is 0.0646. The fourth-order valence-electron chi connectivity index (χ4n) is 2.48. The van der Waals surface area contributed by atoms with Gasteiger partial charge in [-0.05, 0) is 43.0 Å². The monoisotopic (exact) mass is 303 g/mol. The molecule has 0 aliphatic heterocycles. The molecule has 2 aromatic rings. The highest BCUT2D eigenvalue weighted by Gasteiger charge is 2.31. The predicted molar refractivity (Wildman–Crippen MR) is 79.7 cm³/mol. The van der Waals surface area contributed by atoms with Crippen molar-refractivity contribution in [3.05, 3.63) is 41.8 Å². The molecule has 1 atom stereocenters. The van der Waals surface area contributed by atoms with Crippen molar-refractivity contribution in [1.82, 2.24) is 15.1 Å². The highest BCUT2D eigenvalue weighted by Crippen LogP contribution is 2.33. The summed E-state index contributed by atoms with van der Waals surface area (Å²) in [7, 11) is 1.66. The predicted octanol–water partition coefficient (Wildman–Crippen LogP) is 2.06. The Kier molecular flexibility index (Phi) is 3.94. The molecule has 1 fully saturated rings. The number of H-pyrrole nitrogens is 1. The molecule has 3 rings (SSSR count). The second kappa shape index (κ2) is 5.88. The summed E-state index contributed by atoms with van der Waals surface area (Å²) in [5.41, 5.74) is 1.66. The lowest BCUT2D eigenvalue weighted by Crippen LogP contribution is -2.35. The second-order valence-electron chi connectivity index (χ2n) is 5.76. The van der Waals surface area contributed by atoms with Crippen molar-refractivity contribution in [2.45, 2.75) is 18.9 Å². The molecule has 1 aromatic carbocycles. The van der Waals surface area contributed by atoms with Gasteiger partial charge in [0.05, 0.1) is 23.6 Å². The number of rotatable bonds is 5. The van der Waals surface area contributed by atoms with Gasteiger partial charge in [0.1, 0.15) is 5.82 Å². The maximum Gasteiger partial charge on any atom is 0.257 e. The number of amides is 1. The van der Waals surface area contributed by atoms with Gasteiger partial charge in [0.2, 0.25) is 0 Å². The SMILES string of the molecule is CN(CC(O)C1CC1)C(=O)c1cn[nH]c1-c1ccc(F)cc1. The molecule has 1 unspecified atom stereocenters. The first-order valence-corrected chi connectivity index (χ1v) is 7.29. The van der Waals surface area contributed by atoms with Gasteiger partial charge in [0, 0.05) is 19.2 Å². The number of carbonyl (C=O) groups is 1. The van der Waals surface area contributed by atoms with Gasteiger partial charge >= 0.3 is 0 Å². The fourth-order valence-corrected chi connectivity index (χ4v) is 2.48. The van der Waals surface area contributed by atoms with Crippen molar-refractivity contribution in [3.63, 3.8) is 0 Å². The Morgan fingerprint density at radius 2 is 2.14 bits per heavy atom. The zero-order chi connectivity index (χ0) is 15.7. The molecule has 1 saturated carbocycles. The summed E-state index contributed by atoms with van der Waals surface area (Å²) in [5, 5.41) is 16.7. The molecule has 0 radical (unpaired) electrons. The maximum atomic E-state index is 13.0. The molecule has 1 amide bonds. The molecule has 0 bridgehead atoms. The van der Waals surface area contributed by atoms with Crippen LogP contribution in [0.25, 0.3) is 11.3 Å². The Morgan fingerprint density at radius 3 is 2.77 bits per heavy atom. The Labute approximate surface area is 127 Å². The number of halogens is 1. The number of likely N-dealkylation sites (N-methyl/N-ethyl adjacent to an activating group) is 1. The summed E-state index contributed by atoms with van der Waals surface area (Å²) in [6, 6.07) is 5.87. The standard InChI is InChI=1S/C16H18FN3O2/c1-20(9-14(21)10-2-3-10)16(22)13-8-18-19-15(13)11-4-6-12(17)7-5-11/h4-8,10,14,21H,2-3,9H2,1H3,(H,18,19). The third-order valence-corrected chi connectivity index (χ3v) is 3.98. The van der Waals surface area contributed by atoms with Crippen molar-refractivity contribution < 1.29 is 14.3 Å². The Bertz CT molecular complexity index is 664. The molecule has 22 heavy (non-hydrogen) atoms. The van der Waals surface area contributed by atoms with Gasteiger partial charge < -0.3 is 10.0 Å².